The molecule has 1 N–H and O–H groups in total. The van der Waals surface area contributed by atoms with Crippen molar-refractivity contribution in [3.05, 3.63) is 46.8 Å². The van der Waals surface area contributed by atoms with Gasteiger partial charge in [-0.25, -0.2) is 14.4 Å². The van der Waals surface area contributed by atoms with Crippen LogP contribution in [0.4, 0.5) is 20.3 Å². The number of aromatic nitrogens is 2. The van der Waals surface area contributed by atoms with Crippen LogP contribution >= 0.6 is 15.9 Å². The zero-order chi connectivity index (χ0) is 11.5. The average Bonchev–Trinajstić information content (AvgIpc) is 2.24. The summed E-state index contributed by atoms with van der Waals surface area (Å²) in [5, 5.41) is 2.67. The first-order valence-corrected chi connectivity index (χ1v) is 5.14. The van der Waals surface area contributed by atoms with Gasteiger partial charge in [0.1, 0.15) is 18.0 Å². The van der Waals surface area contributed by atoms with Gasteiger partial charge in [0.2, 0.25) is 5.95 Å². The van der Waals surface area contributed by atoms with E-state index in [0.717, 1.165) is 12.4 Å². The van der Waals surface area contributed by atoms with Gasteiger partial charge < -0.3 is 5.32 Å². The van der Waals surface area contributed by atoms with Gasteiger partial charge in [-0.2, -0.15) is 4.39 Å². The number of para-hydroxylation sites is 1. The maximum Gasteiger partial charge on any atom is 0.218 e. The minimum Gasteiger partial charge on any atom is -0.337 e. The Kier molecular flexibility index (Phi) is 3.09. The van der Waals surface area contributed by atoms with Gasteiger partial charge in [0.15, 0.2) is 0 Å². The molecule has 6 heteroatoms. The Morgan fingerprint density at radius 3 is 2.69 bits per heavy atom. The Bertz CT molecular complexity index is 499. The van der Waals surface area contributed by atoms with Crippen LogP contribution in [0, 0.1) is 11.8 Å². The monoisotopic (exact) mass is 285 g/mol. The van der Waals surface area contributed by atoms with Crippen molar-refractivity contribution < 1.29 is 8.78 Å². The van der Waals surface area contributed by atoms with E-state index < -0.39 is 11.8 Å². The molecule has 82 valence electrons. The quantitative estimate of drug-likeness (QED) is 0.861. The summed E-state index contributed by atoms with van der Waals surface area (Å²) in [5.41, 5.74) is 0.209. The molecule has 0 aliphatic carbocycles. The van der Waals surface area contributed by atoms with E-state index in [-0.39, 0.29) is 11.5 Å². The van der Waals surface area contributed by atoms with Crippen LogP contribution in [0.25, 0.3) is 0 Å². The molecule has 1 aromatic carbocycles. The first-order valence-electron chi connectivity index (χ1n) is 4.35. The van der Waals surface area contributed by atoms with Crippen LogP contribution in [0.1, 0.15) is 0 Å². The summed E-state index contributed by atoms with van der Waals surface area (Å²) in [4.78, 5) is 7.07. The second kappa shape index (κ2) is 4.52. The van der Waals surface area contributed by atoms with Gasteiger partial charge >= 0.3 is 0 Å². The molecule has 0 radical (unpaired) electrons. The molecule has 0 unspecified atom stereocenters. The van der Waals surface area contributed by atoms with Gasteiger partial charge in [0.25, 0.3) is 0 Å². The molecule has 0 saturated heterocycles. The Hall–Kier alpha value is -1.56. The minimum absolute atomic E-state index is 0.193. The number of benzene rings is 1. The van der Waals surface area contributed by atoms with E-state index >= 15 is 0 Å². The molecule has 0 atom stereocenters. The van der Waals surface area contributed by atoms with Gasteiger partial charge in [-0.1, -0.05) is 6.07 Å². The average molecular weight is 286 g/mol. The predicted molar refractivity (Wildman–Crippen MR) is 59.4 cm³/mol. The Morgan fingerprint density at radius 1 is 1.19 bits per heavy atom. The third kappa shape index (κ3) is 2.33. The van der Waals surface area contributed by atoms with Crippen LogP contribution < -0.4 is 5.32 Å². The second-order valence-corrected chi connectivity index (χ2v) is 3.80. The summed E-state index contributed by atoms with van der Waals surface area (Å²) < 4.78 is 26.7. The fourth-order valence-electron chi connectivity index (χ4n) is 1.15. The van der Waals surface area contributed by atoms with Crippen LogP contribution in [0.5, 0.6) is 0 Å². The molecule has 0 aliphatic heterocycles. The third-order valence-corrected chi connectivity index (χ3v) is 2.51. The highest BCUT2D eigenvalue weighted by atomic mass is 79.9. The van der Waals surface area contributed by atoms with E-state index in [0.29, 0.717) is 4.47 Å². The van der Waals surface area contributed by atoms with E-state index in [2.05, 4.69) is 31.2 Å². The summed E-state index contributed by atoms with van der Waals surface area (Å²) in [6.07, 6.45) is 1.06. The van der Waals surface area contributed by atoms with Gasteiger partial charge in [0.05, 0.1) is 5.69 Å². The minimum atomic E-state index is -0.676. The lowest BCUT2D eigenvalue weighted by molar-refractivity contribution is 0.580. The third-order valence-electron chi connectivity index (χ3n) is 1.85. The highest BCUT2D eigenvalue weighted by Gasteiger charge is 2.07. The topological polar surface area (TPSA) is 37.8 Å². The zero-order valence-electron chi connectivity index (χ0n) is 7.92. The number of hydrogen-bond donors (Lipinski definition) is 1. The molecule has 0 bridgehead atoms. The van der Waals surface area contributed by atoms with Crippen molar-refractivity contribution in [1.29, 1.82) is 0 Å². The summed E-state index contributed by atoms with van der Waals surface area (Å²) >= 11 is 3.18. The Labute approximate surface area is 98.7 Å². The molecule has 0 amide bonds. The van der Waals surface area contributed by atoms with Crippen molar-refractivity contribution in [2.45, 2.75) is 0 Å². The molecule has 0 aliphatic rings. The van der Waals surface area contributed by atoms with Gasteiger partial charge in [-0.05, 0) is 28.1 Å². The molecule has 1 aromatic heterocycles. The van der Waals surface area contributed by atoms with Crippen LogP contribution in [0.2, 0.25) is 0 Å². The maximum absolute atomic E-state index is 13.4. The summed E-state index contributed by atoms with van der Waals surface area (Å²) in [5.74, 6) is -0.934. The van der Waals surface area contributed by atoms with E-state index in [4.69, 9.17) is 0 Å². The predicted octanol–water partition coefficient (Wildman–Crippen LogP) is 3.26. The largest absolute Gasteiger partial charge is 0.337 e. The molecule has 2 rings (SSSR count). The van der Waals surface area contributed by atoms with Crippen LogP contribution in [-0.2, 0) is 0 Å². The number of halogens is 3. The normalized spacial score (nSPS) is 10.2. The lowest BCUT2D eigenvalue weighted by Crippen LogP contribution is -1.98. The number of nitrogens with zero attached hydrogens (tertiary/aromatic N) is 2. The standard InChI is InChI=1S/C10H6BrF2N3/c11-6-2-1-3-7(12)10(6)16-9-4-8(13)14-5-15-9/h1-5H,(H,14,15,16). The Balaban J connectivity index is 2.34. The second-order valence-electron chi connectivity index (χ2n) is 2.95. The van der Waals surface area contributed by atoms with Gasteiger partial charge in [-0.3, -0.25) is 0 Å². The van der Waals surface area contributed by atoms with Gasteiger partial charge in [0, 0.05) is 10.5 Å². The molecule has 3 nitrogen and oxygen atoms in total. The molecule has 1 heterocycles. The lowest BCUT2D eigenvalue weighted by atomic mass is 10.3. The fraction of sp³-hybridized carbons (Fsp3) is 0. The van der Waals surface area contributed by atoms with Crippen molar-refractivity contribution >= 4 is 27.4 Å². The maximum atomic E-state index is 13.4. The molecular formula is C10H6BrF2N3. The molecule has 0 spiro atoms. The van der Waals surface area contributed by atoms with Crippen molar-refractivity contribution in [2.75, 3.05) is 5.32 Å². The van der Waals surface area contributed by atoms with Crippen molar-refractivity contribution in [3.63, 3.8) is 0 Å². The van der Waals surface area contributed by atoms with Crippen molar-refractivity contribution in [2.24, 2.45) is 0 Å². The summed E-state index contributed by atoms with van der Waals surface area (Å²) in [7, 11) is 0. The van der Waals surface area contributed by atoms with Crippen LogP contribution in [-0.4, -0.2) is 9.97 Å². The smallest absolute Gasteiger partial charge is 0.218 e. The van der Waals surface area contributed by atoms with E-state index in [1.807, 2.05) is 0 Å². The number of rotatable bonds is 2. The number of nitrogens with one attached hydrogen (secondary N) is 1. The summed E-state index contributed by atoms with van der Waals surface area (Å²) in [6.45, 7) is 0. The SMILES string of the molecule is Fc1cc(Nc2c(F)cccc2Br)ncn1. The zero-order valence-corrected chi connectivity index (χ0v) is 9.50. The highest BCUT2D eigenvalue weighted by Crippen LogP contribution is 2.27. The molecular weight excluding hydrogens is 280 g/mol. The van der Waals surface area contributed by atoms with E-state index in [1.54, 1.807) is 12.1 Å². The molecule has 0 saturated carbocycles. The van der Waals surface area contributed by atoms with Gasteiger partial charge in [-0.15, -0.1) is 0 Å². The molecule has 2 aromatic rings. The van der Waals surface area contributed by atoms with E-state index in [9.17, 15) is 8.78 Å². The van der Waals surface area contributed by atoms with Crippen LogP contribution in [0.3, 0.4) is 0 Å². The van der Waals surface area contributed by atoms with Crippen molar-refractivity contribution in [1.82, 2.24) is 9.97 Å². The number of anilines is 2. The molecule has 0 fully saturated rings. The number of hydrogen-bond acceptors (Lipinski definition) is 3. The fourth-order valence-corrected chi connectivity index (χ4v) is 1.59. The highest BCUT2D eigenvalue weighted by molar-refractivity contribution is 9.10. The van der Waals surface area contributed by atoms with E-state index in [1.165, 1.54) is 6.07 Å². The first-order chi connectivity index (χ1) is 7.66. The first kappa shape index (κ1) is 10.9. The van der Waals surface area contributed by atoms with Crippen molar-refractivity contribution in [3.8, 4) is 0 Å². The van der Waals surface area contributed by atoms with Crippen LogP contribution in [0.15, 0.2) is 35.1 Å². The Morgan fingerprint density at radius 2 is 2.00 bits per heavy atom. The molecule has 16 heavy (non-hydrogen) atoms. The summed E-state index contributed by atoms with van der Waals surface area (Å²) in [6, 6.07) is 5.61. The lowest BCUT2D eigenvalue weighted by Gasteiger charge is -2.08.